The Balaban J connectivity index is 2.60. The Bertz CT molecular complexity index is 498. The van der Waals surface area contributed by atoms with E-state index in [0.717, 1.165) is 5.69 Å². The Hall–Kier alpha value is -1.63. The fraction of sp³-hybridized carbons (Fsp3) is 0.250. The van der Waals surface area contributed by atoms with E-state index in [0.29, 0.717) is 5.69 Å². The molecule has 2 rings (SSSR count). The maximum atomic E-state index is 11.1. The van der Waals surface area contributed by atoms with Gasteiger partial charge < -0.3 is 19.0 Å². The summed E-state index contributed by atoms with van der Waals surface area (Å²) in [5, 5.41) is 5.76. The Kier molecular flexibility index (Phi) is 2.11. The summed E-state index contributed by atoms with van der Waals surface area (Å²) in [5.41, 5.74) is 1.29. The average Bonchev–Trinajstić information content (AvgIpc) is 2.50. The molecule has 0 aliphatic carbocycles. The van der Waals surface area contributed by atoms with Gasteiger partial charge in [-0.3, -0.25) is 0 Å². The van der Waals surface area contributed by atoms with Gasteiger partial charge in [0.15, 0.2) is 5.75 Å². The predicted molar refractivity (Wildman–Crippen MR) is 55.7 cm³/mol. The Labute approximate surface area is 87.5 Å². The summed E-state index contributed by atoms with van der Waals surface area (Å²) < 4.78 is 31.5. The molecule has 6 nitrogen and oxygen atoms in total. The molecular weight excluding hydrogens is 220 g/mol. The number of nitrogens with one attached hydrogen (secondary N) is 2. The van der Waals surface area contributed by atoms with Crippen LogP contribution in [0.25, 0.3) is 0 Å². The molecular formula is C8H10N2O4S. The molecule has 0 spiro atoms. The molecule has 0 amide bonds. The van der Waals surface area contributed by atoms with Gasteiger partial charge in [-0.15, -0.1) is 8.42 Å². The quantitative estimate of drug-likeness (QED) is 0.782. The van der Waals surface area contributed by atoms with E-state index < -0.39 is 10.4 Å². The summed E-state index contributed by atoms with van der Waals surface area (Å²) in [6, 6.07) is 3.24. The van der Waals surface area contributed by atoms with Gasteiger partial charge in [-0.2, -0.15) is 0 Å². The Morgan fingerprint density at radius 3 is 2.47 bits per heavy atom. The standard InChI is InChI=1S/C8H10N2O4S/c1-9-5-3-4-6-8(7(5)10-2)14-15(11,12)13-6/h3-4,9-10H,1-2H3. The minimum atomic E-state index is -3.93. The third kappa shape index (κ3) is 1.54. The van der Waals surface area contributed by atoms with Crippen LogP contribution in [0.1, 0.15) is 0 Å². The van der Waals surface area contributed by atoms with Crippen LogP contribution >= 0.6 is 0 Å². The third-order valence-corrected chi connectivity index (χ3v) is 2.77. The number of hydrogen-bond acceptors (Lipinski definition) is 6. The first kappa shape index (κ1) is 9.91. The van der Waals surface area contributed by atoms with Gasteiger partial charge in [-0.25, -0.2) is 0 Å². The summed E-state index contributed by atoms with van der Waals surface area (Å²) >= 11 is 0. The number of benzene rings is 1. The van der Waals surface area contributed by atoms with Crippen LogP contribution in [0, 0.1) is 0 Å². The van der Waals surface area contributed by atoms with Crippen LogP contribution in [0.3, 0.4) is 0 Å². The monoisotopic (exact) mass is 230 g/mol. The van der Waals surface area contributed by atoms with Crippen LogP contribution in [-0.2, 0) is 10.4 Å². The highest BCUT2D eigenvalue weighted by atomic mass is 32.3. The first-order chi connectivity index (χ1) is 7.07. The minimum Gasteiger partial charge on any atom is -0.386 e. The molecule has 0 saturated carbocycles. The van der Waals surface area contributed by atoms with Crippen LogP contribution < -0.4 is 19.0 Å². The van der Waals surface area contributed by atoms with Crippen molar-refractivity contribution in [2.75, 3.05) is 24.7 Å². The summed E-state index contributed by atoms with van der Waals surface area (Å²) in [6.07, 6.45) is 0. The Morgan fingerprint density at radius 2 is 1.87 bits per heavy atom. The van der Waals surface area contributed by atoms with Gasteiger partial charge in [-0.05, 0) is 12.1 Å². The number of hydrogen-bond donors (Lipinski definition) is 2. The van der Waals surface area contributed by atoms with Crippen LogP contribution in [0.4, 0.5) is 11.4 Å². The maximum absolute atomic E-state index is 11.1. The molecule has 0 saturated heterocycles. The van der Waals surface area contributed by atoms with Crippen molar-refractivity contribution in [2.24, 2.45) is 0 Å². The van der Waals surface area contributed by atoms with Crippen LogP contribution in [0.5, 0.6) is 11.5 Å². The van der Waals surface area contributed by atoms with Gasteiger partial charge >= 0.3 is 10.4 Å². The van der Waals surface area contributed by atoms with Crippen molar-refractivity contribution in [1.29, 1.82) is 0 Å². The van der Waals surface area contributed by atoms with Crippen LogP contribution in [0.2, 0.25) is 0 Å². The zero-order chi connectivity index (χ0) is 11.1. The molecule has 0 radical (unpaired) electrons. The van der Waals surface area contributed by atoms with Crippen LogP contribution in [0.15, 0.2) is 12.1 Å². The number of anilines is 2. The Morgan fingerprint density at radius 1 is 1.13 bits per heavy atom. The van der Waals surface area contributed by atoms with Crippen molar-refractivity contribution in [3.8, 4) is 11.5 Å². The van der Waals surface area contributed by atoms with E-state index in [1.807, 2.05) is 0 Å². The molecule has 1 heterocycles. The number of fused-ring (bicyclic) bond motifs is 1. The maximum Gasteiger partial charge on any atom is 0.501 e. The van der Waals surface area contributed by atoms with Crippen molar-refractivity contribution in [1.82, 2.24) is 0 Å². The summed E-state index contributed by atoms with van der Waals surface area (Å²) in [4.78, 5) is 0. The molecule has 0 unspecified atom stereocenters. The fourth-order valence-corrected chi connectivity index (χ4v) is 2.15. The summed E-state index contributed by atoms with van der Waals surface area (Å²) in [6.45, 7) is 0. The first-order valence-corrected chi connectivity index (χ1v) is 5.57. The van der Waals surface area contributed by atoms with Crippen molar-refractivity contribution >= 4 is 21.8 Å². The van der Waals surface area contributed by atoms with Gasteiger partial charge in [0.05, 0.1) is 5.69 Å². The molecule has 82 valence electrons. The summed E-state index contributed by atoms with van der Waals surface area (Å²) in [5.74, 6) is 0.378. The van der Waals surface area contributed by atoms with Crippen molar-refractivity contribution in [3.05, 3.63) is 12.1 Å². The molecule has 1 aromatic rings. The fourth-order valence-electron chi connectivity index (χ4n) is 1.40. The third-order valence-electron chi connectivity index (χ3n) is 2.02. The lowest BCUT2D eigenvalue weighted by molar-refractivity contribution is 0.437. The van der Waals surface area contributed by atoms with E-state index in [1.54, 1.807) is 20.2 Å². The van der Waals surface area contributed by atoms with Gasteiger partial charge in [-0.1, -0.05) is 0 Å². The normalized spacial score (nSPS) is 16.1. The van der Waals surface area contributed by atoms with E-state index in [4.69, 9.17) is 4.18 Å². The lowest BCUT2D eigenvalue weighted by Gasteiger charge is -2.09. The SMILES string of the molecule is CNc1ccc2c(c1NC)OS(=O)(=O)O2. The van der Waals surface area contributed by atoms with Crippen molar-refractivity contribution in [2.45, 2.75) is 0 Å². The molecule has 1 aliphatic heterocycles. The van der Waals surface area contributed by atoms with Crippen molar-refractivity contribution in [3.63, 3.8) is 0 Å². The molecule has 0 bridgehead atoms. The molecule has 1 aliphatic rings. The molecule has 0 aromatic heterocycles. The second-order valence-electron chi connectivity index (χ2n) is 2.89. The molecule has 1 aromatic carbocycles. The smallest absolute Gasteiger partial charge is 0.386 e. The van der Waals surface area contributed by atoms with Crippen molar-refractivity contribution < 1.29 is 16.8 Å². The minimum absolute atomic E-state index is 0.185. The topological polar surface area (TPSA) is 76.7 Å². The second-order valence-corrected chi connectivity index (χ2v) is 4.04. The van der Waals surface area contributed by atoms with E-state index in [9.17, 15) is 8.42 Å². The summed E-state index contributed by atoms with van der Waals surface area (Å²) in [7, 11) is -0.530. The number of rotatable bonds is 2. The highest BCUT2D eigenvalue weighted by Crippen LogP contribution is 2.45. The highest BCUT2D eigenvalue weighted by Gasteiger charge is 2.31. The van der Waals surface area contributed by atoms with E-state index in [2.05, 4.69) is 14.8 Å². The van der Waals surface area contributed by atoms with Gasteiger partial charge in [0, 0.05) is 14.1 Å². The first-order valence-electron chi connectivity index (χ1n) is 4.24. The largest absolute Gasteiger partial charge is 0.501 e. The average molecular weight is 230 g/mol. The van der Waals surface area contributed by atoms with Gasteiger partial charge in [0.1, 0.15) is 5.69 Å². The second kappa shape index (κ2) is 3.20. The molecule has 0 atom stereocenters. The van der Waals surface area contributed by atoms with Gasteiger partial charge in [0.25, 0.3) is 0 Å². The van der Waals surface area contributed by atoms with E-state index in [-0.39, 0.29) is 11.5 Å². The van der Waals surface area contributed by atoms with Crippen LogP contribution in [-0.4, -0.2) is 22.5 Å². The molecule has 0 fully saturated rings. The molecule has 7 heteroatoms. The zero-order valence-electron chi connectivity index (χ0n) is 8.20. The van der Waals surface area contributed by atoms with E-state index >= 15 is 0 Å². The molecule has 2 N–H and O–H groups in total. The van der Waals surface area contributed by atoms with E-state index in [1.165, 1.54) is 6.07 Å². The molecule has 15 heavy (non-hydrogen) atoms. The predicted octanol–water partition coefficient (Wildman–Crippen LogP) is 0.786. The zero-order valence-corrected chi connectivity index (χ0v) is 9.01. The highest BCUT2D eigenvalue weighted by molar-refractivity contribution is 7.82. The lowest BCUT2D eigenvalue weighted by Crippen LogP contribution is -2.08. The van der Waals surface area contributed by atoms with Gasteiger partial charge in [0.2, 0.25) is 5.75 Å². The lowest BCUT2D eigenvalue weighted by atomic mass is 10.2.